The minimum atomic E-state index is -3.91. The van der Waals surface area contributed by atoms with Crippen molar-refractivity contribution in [3.63, 3.8) is 0 Å². The number of nitrogens with one attached hydrogen (secondary N) is 1. The highest BCUT2D eigenvalue weighted by Gasteiger charge is 2.17. The fourth-order valence-electron chi connectivity index (χ4n) is 3.59. The first-order valence-corrected chi connectivity index (χ1v) is 12.7. The number of carboxylic acid groups (broad SMARTS) is 1. The number of sulfonamides is 1. The Kier molecular flexibility index (Phi) is 9.04. The number of allylic oxidation sites excluding steroid dienone is 1. The monoisotopic (exact) mass is 512 g/mol. The number of non-ortho nitro benzene ring substituents is 1. The van der Waals surface area contributed by atoms with Crippen LogP contribution in [-0.2, 0) is 21.2 Å². The minimum Gasteiger partial charge on any atom is -0.481 e. The molecule has 8 nitrogen and oxygen atoms in total. The average Bonchev–Trinajstić information content (AvgIpc) is 2.84. The maximum atomic E-state index is 13.8. The fourth-order valence-corrected chi connectivity index (χ4v) is 4.66. The molecular weight excluding hydrogens is 487 g/mol. The van der Waals surface area contributed by atoms with E-state index in [1.165, 1.54) is 30.3 Å². The molecule has 0 amide bonds. The fraction of sp³-hybridized carbons (Fsp3) is 0.192. The summed E-state index contributed by atoms with van der Waals surface area (Å²) in [7, 11) is -3.91. The van der Waals surface area contributed by atoms with Crippen molar-refractivity contribution in [2.24, 2.45) is 0 Å². The summed E-state index contributed by atoms with van der Waals surface area (Å²) in [5, 5.41) is 19.8. The molecule has 0 radical (unpaired) electrons. The summed E-state index contributed by atoms with van der Waals surface area (Å²) in [5.41, 5.74) is 2.81. The molecule has 0 aliphatic carbocycles. The van der Waals surface area contributed by atoms with E-state index in [1.807, 2.05) is 30.3 Å². The molecule has 0 aliphatic rings. The van der Waals surface area contributed by atoms with E-state index >= 15 is 0 Å². The van der Waals surface area contributed by atoms with Crippen molar-refractivity contribution in [2.75, 3.05) is 6.54 Å². The molecule has 0 saturated heterocycles. The van der Waals surface area contributed by atoms with Gasteiger partial charge in [-0.3, -0.25) is 14.9 Å². The van der Waals surface area contributed by atoms with Crippen LogP contribution in [0.3, 0.4) is 0 Å². The van der Waals surface area contributed by atoms with Crippen molar-refractivity contribution in [1.82, 2.24) is 4.72 Å². The van der Waals surface area contributed by atoms with Crippen LogP contribution >= 0.6 is 0 Å². The minimum absolute atomic E-state index is 0.0398. The van der Waals surface area contributed by atoms with Crippen LogP contribution in [0.5, 0.6) is 0 Å². The summed E-state index contributed by atoms with van der Waals surface area (Å²) >= 11 is 0. The van der Waals surface area contributed by atoms with E-state index in [-0.39, 0.29) is 29.4 Å². The van der Waals surface area contributed by atoms with Gasteiger partial charge in [0.25, 0.3) is 5.69 Å². The van der Waals surface area contributed by atoms with Gasteiger partial charge in [0.2, 0.25) is 10.0 Å². The first kappa shape index (κ1) is 26.7. The second-order valence-electron chi connectivity index (χ2n) is 8.01. The van der Waals surface area contributed by atoms with Crippen molar-refractivity contribution in [2.45, 2.75) is 30.6 Å². The first-order valence-electron chi connectivity index (χ1n) is 11.2. The van der Waals surface area contributed by atoms with Gasteiger partial charge in [-0.2, -0.15) is 0 Å². The maximum absolute atomic E-state index is 13.8. The number of hydrogen-bond acceptors (Lipinski definition) is 5. The zero-order valence-electron chi connectivity index (χ0n) is 19.3. The molecule has 0 unspecified atom stereocenters. The quantitative estimate of drug-likeness (QED) is 0.201. The summed E-state index contributed by atoms with van der Waals surface area (Å²) in [6.07, 6.45) is 3.28. The first-order chi connectivity index (χ1) is 17.2. The SMILES string of the molecule is O=C(O)CCC/C=C(\c1ccc(CCNS(=O)(=O)c2cccc([N+](=O)[O-])c2)cc1)c1cccc(F)c1. The van der Waals surface area contributed by atoms with Gasteiger partial charge in [0.1, 0.15) is 5.82 Å². The van der Waals surface area contributed by atoms with E-state index in [0.717, 1.165) is 22.8 Å². The molecule has 0 atom stereocenters. The molecule has 3 rings (SSSR count). The molecule has 0 heterocycles. The highest BCUT2D eigenvalue weighted by atomic mass is 32.2. The molecule has 0 fully saturated rings. The van der Waals surface area contributed by atoms with Gasteiger partial charge in [0.15, 0.2) is 0 Å². The van der Waals surface area contributed by atoms with Gasteiger partial charge in [-0.1, -0.05) is 48.5 Å². The molecule has 0 aromatic heterocycles. The lowest BCUT2D eigenvalue weighted by Crippen LogP contribution is -2.26. The number of nitro groups is 1. The van der Waals surface area contributed by atoms with Crippen LogP contribution < -0.4 is 4.72 Å². The van der Waals surface area contributed by atoms with Crippen molar-refractivity contribution in [1.29, 1.82) is 0 Å². The summed E-state index contributed by atoms with van der Waals surface area (Å²) in [5.74, 6) is -1.25. The average molecular weight is 513 g/mol. The number of halogens is 1. The maximum Gasteiger partial charge on any atom is 0.303 e. The van der Waals surface area contributed by atoms with E-state index in [2.05, 4.69) is 4.72 Å². The Morgan fingerprint density at radius 3 is 2.42 bits per heavy atom. The van der Waals surface area contributed by atoms with Crippen LogP contribution in [0, 0.1) is 15.9 Å². The zero-order valence-corrected chi connectivity index (χ0v) is 20.1. The second kappa shape index (κ2) is 12.2. The lowest BCUT2D eigenvalue weighted by molar-refractivity contribution is -0.385. The van der Waals surface area contributed by atoms with Crippen molar-refractivity contribution >= 4 is 27.3 Å². The van der Waals surface area contributed by atoms with E-state index in [0.29, 0.717) is 24.8 Å². The number of nitro benzene ring substituents is 1. The van der Waals surface area contributed by atoms with Crippen LogP contribution in [-0.4, -0.2) is 31.0 Å². The Labute approximate surface area is 208 Å². The number of nitrogens with zero attached hydrogens (tertiary/aromatic N) is 1. The zero-order chi connectivity index (χ0) is 26.1. The molecule has 2 N–H and O–H groups in total. The third-order valence-corrected chi connectivity index (χ3v) is 6.85. The molecule has 0 bridgehead atoms. The number of carboxylic acids is 1. The Morgan fingerprint density at radius 1 is 1.03 bits per heavy atom. The van der Waals surface area contributed by atoms with Gasteiger partial charge >= 0.3 is 5.97 Å². The van der Waals surface area contributed by atoms with E-state index in [1.54, 1.807) is 12.1 Å². The molecule has 36 heavy (non-hydrogen) atoms. The summed E-state index contributed by atoms with van der Waals surface area (Å²) in [6, 6.07) is 18.4. The normalized spacial score (nSPS) is 11.9. The van der Waals surface area contributed by atoms with E-state index in [4.69, 9.17) is 5.11 Å². The van der Waals surface area contributed by atoms with Gasteiger partial charge < -0.3 is 5.11 Å². The second-order valence-corrected chi connectivity index (χ2v) is 9.78. The molecule has 10 heteroatoms. The Hall–Kier alpha value is -3.89. The molecule has 3 aromatic rings. The molecule has 0 spiro atoms. The standard InChI is InChI=1S/C26H25FN2O6S/c27-22-6-3-5-21(17-22)25(9-1-2-10-26(30)31)20-13-11-19(12-14-20)15-16-28-36(34,35)24-8-4-7-23(18-24)29(32)33/h3-9,11-14,17-18,28H,1-2,10,15-16H2,(H,30,31)/b25-9+. The number of hydrogen-bond donors (Lipinski definition) is 2. The van der Waals surface area contributed by atoms with Crippen LogP contribution in [0.15, 0.2) is 83.8 Å². The van der Waals surface area contributed by atoms with Crippen LogP contribution in [0.2, 0.25) is 0 Å². The number of rotatable bonds is 12. The summed E-state index contributed by atoms with van der Waals surface area (Å²) in [4.78, 5) is 20.9. The third-order valence-electron chi connectivity index (χ3n) is 5.39. The molecule has 3 aromatic carbocycles. The van der Waals surface area contributed by atoms with Gasteiger partial charge in [-0.25, -0.2) is 17.5 Å². The van der Waals surface area contributed by atoms with Gasteiger partial charge in [-0.15, -0.1) is 0 Å². The van der Waals surface area contributed by atoms with E-state index in [9.17, 15) is 27.7 Å². The van der Waals surface area contributed by atoms with Crippen molar-refractivity contribution in [3.05, 3.63) is 111 Å². The number of benzene rings is 3. The lowest BCUT2D eigenvalue weighted by Gasteiger charge is -2.11. The molecule has 0 aliphatic heterocycles. The molecular formula is C26H25FN2O6S. The Balaban J connectivity index is 1.69. The van der Waals surface area contributed by atoms with Gasteiger partial charge in [0.05, 0.1) is 9.82 Å². The van der Waals surface area contributed by atoms with Crippen LogP contribution in [0.1, 0.15) is 36.0 Å². The largest absolute Gasteiger partial charge is 0.481 e. The number of carbonyl (C=O) groups is 1. The predicted octanol–water partition coefficient (Wildman–Crippen LogP) is 4.94. The number of aliphatic carboxylic acids is 1. The molecule has 0 saturated carbocycles. The Morgan fingerprint density at radius 2 is 1.75 bits per heavy atom. The summed E-state index contributed by atoms with van der Waals surface area (Å²) < 4.78 is 41.2. The smallest absolute Gasteiger partial charge is 0.303 e. The topological polar surface area (TPSA) is 127 Å². The Bertz CT molecular complexity index is 1370. The van der Waals surface area contributed by atoms with Crippen LogP contribution in [0.4, 0.5) is 10.1 Å². The lowest BCUT2D eigenvalue weighted by atomic mass is 9.95. The van der Waals surface area contributed by atoms with Gasteiger partial charge in [-0.05, 0) is 59.7 Å². The van der Waals surface area contributed by atoms with Crippen molar-refractivity contribution < 1.29 is 27.6 Å². The third kappa shape index (κ3) is 7.56. The summed E-state index contributed by atoms with van der Waals surface area (Å²) in [6.45, 7) is 0.0894. The van der Waals surface area contributed by atoms with Crippen molar-refractivity contribution in [3.8, 4) is 0 Å². The highest BCUT2D eigenvalue weighted by Crippen LogP contribution is 2.26. The van der Waals surface area contributed by atoms with E-state index < -0.39 is 20.9 Å². The van der Waals surface area contributed by atoms with Gasteiger partial charge in [0, 0.05) is 25.1 Å². The predicted molar refractivity (Wildman–Crippen MR) is 133 cm³/mol. The number of unbranched alkanes of at least 4 members (excludes halogenated alkanes) is 1. The molecule has 188 valence electrons. The highest BCUT2D eigenvalue weighted by molar-refractivity contribution is 7.89. The van der Waals surface area contributed by atoms with Crippen LogP contribution in [0.25, 0.3) is 5.57 Å².